The van der Waals surface area contributed by atoms with Crippen LogP contribution in [0.5, 0.6) is 5.75 Å². The van der Waals surface area contributed by atoms with Crippen molar-refractivity contribution in [3.05, 3.63) is 65.5 Å². The lowest BCUT2D eigenvalue weighted by Gasteiger charge is -2.14. The van der Waals surface area contributed by atoms with Crippen molar-refractivity contribution in [3.63, 3.8) is 0 Å². The lowest BCUT2D eigenvalue weighted by Crippen LogP contribution is -2.12. The number of rotatable bonds is 7. The van der Waals surface area contributed by atoms with E-state index in [-0.39, 0.29) is 24.0 Å². The van der Waals surface area contributed by atoms with E-state index in [1.807, 2.05) is 44.6 Å². The van der Waals surface area contributed by atoms with Crippen molar-refractivity contribution >= 4 is 11.4 Å². The van der Waals surface area contributed by atoms with Crippen LogP contribution >= 0.6 is 0 Å². The lowest BCUT2D eigenvalue weighted by molar-refractivity contribution is 0.0984. The number of alkyl halides is 2. The molecular weight excluding hydrogens is 416 g/mol. The Morgan fingerprint density at radius 3 is 2.59 bits per heavy atom. The molecule has 0 radical (unpaired) electrons. The van der Waals surface area contributed by atoms with E-state index in [1.54, 1.807) is 16.9 Å². The summed E-state index contributed by atoms with van der Waals surface area (Å²) in [7, 11) is 1.85. The Morgan fingerprint density at radius 2 is 1.94 bits per heavy atom. The zero-order valence-electron chi connectivity index (χ0n) is 18.2. The number of aryl methyl sites for hydroxylation is 2. The van der Waals surface area contributed by atoms with Crippen molar-refractivity contribution in [1.82, 2.24) is 24.1 Å². The maximum atomic E-state index is 13.0. The molecule has 4 aromatic heterocycles. The predicted octanol–water partition coefficient (Wildman–Crippen LogP) is 4.59. The fraction of sp³-hybridized carbons (Fsp3) is 0.304. The van der Waals surface area contributed by atoms with Gasteiger partial charge < -0.3 is 9.14 Å². The number of carbonyl (C=O) groups is 1. The molecule has 0 aliphatic carbocycles. The Labute approximate surface area is 183 Å². The summed E-state index contributed by atoms with van der Waals surface area (Å²) in [5.41, 5.74) is 3.37. The molecule has 4 aromatic rings. The summed E-state index contributed by atoms with van der Waals surface area (Å²) in [6.07, 6.45) is 2.64. The smallest absolute Gasteiger partial charge is 0.280 e. The Bertz CT molecular complexity index is 1290. The Hall–Kier alpha value is -3.62. The number of aromatic nitrogens is 5. The van der Waals surface area contributed by atoms with Crippen LogP contribution in [-0.4, -0.2) is 36.0 Å². The molecule has 0 bridgehead atoms. The number of ether oxygens (including phenoxy) is 1. The molecule has 0 amide bonds. The van der Waals surface area contributed by atoms with Gasteiger partial charge in [0, 0.05) is 49.3 Å². The van der Waals surface area contributed by atoms with E-state index in [0.717, 1.165) is 17.0 Å². The first kappa shape index (κ1) is 21.6. The molecule has 0 fully saturated rings. The Balaban J connectivity index is 1.72. The van der Waals surface area contributed by atoms with E-state index in [9.17, 15) is 13.6 Å². The van der Waals surface area contributed by atoms with Crippen molar-refractivity contribution < 1.29 is 18.3 Å². The minimum Gasteiger partial charge on any atom is -0.491 e. The number of fused-ring (bicyclic) bond motifs is 1. The number of nitrogens with zero attached hydrogens (tertiary/aromatic N) is 5. The number of pyridine rings is 2. The molecule has 0 spiro atoms. The van der Waals surface area contributed by atoms with E-state index in [1.165, 1.54) is 18.2 Å². The number of hydrogen-bond donors (Lipinski definition) is 0. The van der Waals surface area contributed by atoms with E-state index in [2.05, 4.69) is 15.1 Å². The molecular formula is C23H23F2N5O2. The standard InChI is InChI=1S/C23H23F2N5O2/c1-13(2)32-21-9-22-27-19(16-11-29(4)28-14(16)3)12-30(22)10-15(21)8-20(31)17-6-5-7-18(26-17)23(24)25/h5-7,9-13,23H,8H2,1-4H3. The summed E-state index contributed by atoms with van der Waals surface area (Å²) in [5, 5.41) is 4.36. The molecule has 0 atom stereocenters. The maximum Gasteiger partial charge on any atom is 0.280 e. The summed E-state index contributed by atoms with van der Waals surface area (Å²) < 4.78 is 35.4. The normalized spacial score (nSPS) is 11.6. The first-order chi connectivity index (χ1) is 15.2. The summed E-state index contributed by atoms with van der Waals surface area (Å²) >= 11 is 0. The minimum atomic E-state index is -2.74. The highest BCUT2D eigenvalue weighted by atomic mass is 19.3. The summed E-state index contributed by atoms with van der Waals surface area (Å²) in [5.74, 6) is 0.148. The Morgan fingerprint density at radius 1 is 1.16 bits per heavy atom. The summed E-state index contributed by atoms with van der Waals surface area (Å²) in [6, 6.07) is 5.83. The van der Waals surface area contributed by atoms with Crippen LogP contribution < -0.4 is 4.74 Å². The van der Waals surface area contributed by atoms with Gasteiger partial charge in [-0.3, -0.25) is 9.48 Å². The molecule has 7 nitrogen and oxygen atoms in total. The van der Waals surface area contributed by atoms with Crippen LogP contribution in [0.25, 0.3) is 16.9 Å². The number of halogens is 2. The van der Waals surface area contributed by atoms with Crippen molar-refractivity contribution in [2.45, 2.75) is 39.7 Å². The number of hydrogen-bond acceptors (Lipinski definition) is 5. The molecule has 166 valence electrons. The third-order valence-corrected chi connectivity index (χ3v) is 4.92. The van der Waals surface area contributed by atoms with E-state index in [4.69, 9.17) is 4.74 Å². The number of imidazole rings is 1. The molecule has 32 heavy (non-hydrogen) atoms. The van der Waals surface area contributed by atoms with Gasteiger partial charge in [-0.25, -0.2) is 18.7 Å². The Kier molecular flexibility index (Phi) is 5.73. The lowest BCUT2D eigenvalue weighted by atomic mass is 10.1. The van der Waals surface area contributed by atoms with Crippen LogP contribution in [0.2, 0.25) is 0 Å². The zero-order valence-corrected chi connectivity index (χ0v) is 18.2. The summed E-state index contributed by atoms with van der Waals surface area (Å²) in [4.78, 5) is 21.3. The molecule has 9 heteroatoms. The fourth-order valence-electron chi connectivity index (χ4n) is 3.53. The number of Topliss-reactive ketones (excluding diaryl/α,β-unsaturated/α-hetero) is 1. The van der Waals surface area contributed by atoms with Gasteiger partial charge >= 0.3 is 0 Å². The second-order valence-corrected chi connectivity index (χ2v) is 7.87. The van der Waals surface area contributed by atoms with Crippen LogP contribution in [0, 0.1) is 6.92 Å². The SMILES string of the molecule is Cc1nn(C)cc1-c1cn2cc(CC(=O)c3cccc(C(F)F)n3)c(OC(C)C)cc2n1. The molecule has 4 rings (SSSR count). The van der Waals surface area contributed by atoms with E-state index in [0.29, 0.717) is 17.0 Å². The largest absolute Gasteiger partial charge is 0.491 e. The first-order valence-electron chi connectivity index (χ1n) is 10.2. The molecule has 0 aliphatic rings. The third-order valence-electron chi connectivity index (χ3n) is 4.92. The van der Waals surface area contributed by atoms with Crippen molar-refractivity contribution in [1.29, 1.82) is 0 Å². The van der Waals surface area contributed by atoms with Gasteiger partial charge in [-0.05, 0) is 32.9 Å². The average molecular weight is 439 g/mol. The predicted molar refractivity (Wildman–Crippen MR) is 115 cm³/mol. The highest BCUT2D eigenvalue weighted by Crippen LogP contribution is 2.28. The molecule has 4 heterocycles. The van der Waals surface area contributed by atoms with Crippen LogP contribution in [0.15, 0.2) is 42.9 Å². The van der Waals surface area contributed by atoms with Gasteiger partial charge in [-0.1, -0.05) is 6.07 Å². The van der Waals surface area contributed by atoms with Crippen LogP contribution in [0.4, 0.5) is 8.78 Å². The molecule has 0 saturated heterocycles. The van der Waals surface area contributed by atoms with Crippen LogP contribution in [0.3, 0.4) is 0 Å². The van der Waals surface area contributed by atoms with Gasteiger partial charge in [0.25, 0.3) is 6.43 Å². The molecule has 0 N–H and O–H groups in total. The zero-order chi connectivity index (χ0) is 23.0. The fourth-order valence-corrected chi connectivity index (χ4v) is 3.53. The van der Waals surface area contributed by atoms with Crippen molar-refractivity contribution in [2.75, 3.05) is 0 Å². The maximum absolute atomic E-state index is 13.0. The van der Waals surface area contributed by atoms with Gasteiger partial charge in [0.1, 0.15) is 22.8 Å². The molecule has 0 saturated carbocycles. The average Bonchev–Trinajstić information content (AvgIpc) is 3.29. The van der Waals surface area contributed by atoms with Gasteiger partial charge in [-0.15, -0.1) is 0 Å². The number of ketones is 1. The first-order valence-corrected chi connectivity index (χ1v) is 10.2. The quantitative estimate of drug-likeness (QED) is 0.394. The minimum absolute atomic E-state index is 0.00398. The molecule has 0 aromatic carbocycles. The van der Waals surface area contributed by atoms with Gasteiger partial charge in [0.05, 0.1) is 17.5 Å². The molecule has 0 unspecified atom stereocenters. The highest BCUT2D eigenvalue weighted by Gasteiger charge is 2.18. The van der Waals surface area contributed by atoms with E-state index < -0.39 is 12.1 Å². The number of carbonyl (C=O) groups excluding carboxylic acids is 1. The summed E-state index contributed by atoms with van der Waals surface area (Å²) in [6.45, 7) is 5.69. The second kappa shape index (κ2) is 8.49. The highest BCUT2D eigenvalue weighted by molar-refractivity contribution is 5.96. The second-order valence-electron chi connectivity index (χ2n) is 7.87. The molecule has 0 aliphatic heterocycles. The van der Waals surface area contributed by atoms with E-state index >= 15 is 0 Å². The van der Waals surface area contributed by atoms with Crippen molar-refractivity contribution in [2.24, 2.45) is 7.05 Å². The van der Waals surface area contributed by atoms with Gasteiger partial charge in [0.15, 0.2) is 5.78 Å². The third kappa shape index (κ3) is 4.37. The van der Waals surface area contributed by atoms with Gasteiger partial charge in [-0.2, -0.15) is 5.10 Å². The van der Waals surface area contributed by atoms with Crippen LogP contribution in [-0.2, 0) is 13.5 Å². The van der Waals surface area contributed by atoms with Crippen molar-refractivity contribution in [3.8, 4) is 17.0 Å². The van der Waals surface area contributed by atoms with Gasteiger partial charge in [0.2, 0.25) is 0 Å². The topological polar surface area (TPSA) is 74.3 Å². The van der Waals surface area contributed by atoms with Crippen LogP contribution in [0.1, 0.15) is 47.7 Å². The monoisotopic (exact) mass is 439 g/mol.